The minimum Gasteiger partial charge on any atom is -0.303 e. The predicted molar refractivity (Wildman–Crippen MR) is 87.2 cm³/mol. The summed E-state index contributed by atoms with van der Waals surface area (Å²) in [7, 11) is 0. The third-order valence-electron chi connectivity index (χ3n) is 4.74. The maximum Gasteiger partial charge on any atom is 0.434 e. The van der Waals surface area contributed by atoms with Crippen LogP contribution in [0, 0.1) is 0 Å². The summed E-state index contributed by atoms with van der Waals surface area (Å²) in [5, 5.41) is 0.295. The zero-order chi connectivity index (χ0) is 18.7. The number of aryl methyl sites for hydroxylation is 1. The summed E-state index contributed by atoms with van der Waals surface area (Å²) in [5.41, 5.74) is -0.866. The van der Waals surface area contributed by atoms with E-state index < -0.39 is 17.3 Å². The maximum atomic E-state index is 13.1. The van der Waals surface area contributed by atoms with E-state index in [1.165, 1.54) is 22.9 Å². The molecule has 9 heteroatoms. The Morgan fingerprint density at radius 3 is 2.77 bits per heavy atom. The molecule has 3 aromatic rings. The molecule has 3 heterocycles. The molecular formula is C17H12ClF3N4O. The van der Waals surface area contributed by atoms with E-state index in [-0.39, 0.29) is 17.1 Å². The molecule has 3 aromatic heterocycles. The van der Waals surface area contributed by atoms with Crippen LogP contribution < -0.4 is 0 Å². The van der Waals surface area contributed by atoms with Gasteiger partial charge in [0.1, 0.15) is 5.15 Å². The van der Waals surface area contributed by atoms with Crippen molar-refractivity contribution < 1.29 is 18.0 Å². The zero-order valence-electron chi connectivity index (χ0n) is 13.5. The van der Waals surface area contributed by atoms with Crippen molar-refractivity contribution in [2.45, 2.75) is 31.4 Å². The Morgan fingerprint density at radius 1 is 1.27 bits per heavy atom. The number of alkyl halides is 3. The highest BCUT2D eigenvalue weighted by Gasteiger charge is 2.44. The third-order valence-corrected chi connectivity index (χ3v) is 4.95. The molecule has 5 nitrogen and oxygen atoms in total. The second-order valence-corrected chi connectivity index (χ2v) is 6.81. The van der Waals surface area contributed by atoms with Gasteiger partial charge in [0, 0.05) is 24.2 Å². The van der Waals surface area contributed by atoms with E-state index in [9.17, 15) is 18.0 Å². The highest BCUT2D eigenvalue weighted by molar-refractivity contribution is 6.29. The lowest BCUT2D eigenvalue weighted by Crippen LogP contribution is -2.39. The second kappa shape index (κ2) is 5.51. The first-order chi connectivity index (χ1) is 12.2. The standard InChI is InChI=1S/C17H12ClF3N4O/c1-16(5-4-10-9(14(16)26)2-3-12(18)23-10)13-15-24-11(17(19,20)21)8-25(15)7-6-22-13/h2-3,6-8H,4-5H2,1H3. The molecule has 26 heavy (non-hydrogen) atoms. The molecule has 134 valence electrons. The average Bonchev–Trinajstić information content (AvgIpc) is 3.03. The number of carbonyl (C=O) groups is 1. The average molecular weight is 381 g/mol. The lowest BCUT2D eigenvalue weighted by atomic mass is 9.71. The number of rotatable bonds is 1. The van der Waals surface area contributed by atoms with Gasteiger partial charge in [0.25, 0.3) is 0 Å². The molecule has 0 bridgehead atoms. The van der Waals surface area contributed by atoms with Gasteiger partial charge in [-0.25, -0.2) is 9.97 Å². The van der Waals surface area contributed by atoms with Crippen LogP contribution in [0.1, 0.15) is 40.8 Å². The summed E-state index contributed by atoms with van der Waals surface area (Å²) in [4.78, 5) is 25.2. The molecule has 0 saturated carbocycles. The topological polar surface area (TPSA) is 60.1 Å². The molecule has 0 saturated heterocycles. The molecule has 1 aliphatic carbocycles. The number of Topliss-reactive ketones (excluding diaryl/α,β-unsaturated/α-hetero) is 1. The smallest absolute Gasteiger partial charge is 0.303 e. The van der Waals surface area contributed by atoms with Crippen molar-refractivity contribution in [3.8, 4) is 0 Å². The van der Waals surface area contributed by atoms with Crippen LogP contribution in [0.15, 0.2) is 30.7 Å². The lowest BCUT2D eigenvalue weighted by Gasteiger charge is -2.32. The Morgan fingerprint density at radius 2 is 2.04 bits per heavy atom. The fraction of sp³-hybridized carbons (Fsp3) is 0.294. The Labute approximate surface area is 150 Å². The van der Waals surface area contributed by atoms with Crippen molar-refractivity contribution >= 4 is 23.0 Å². The van der Waals surface area contributed by atoms with Crippen LogP contribution in [0.3, 0.4) is 0 Å². The van der Waals surface area contributed by atoms with Gasteiger partial charge in [0.05, 0.1) is 16.8 Å². The maximum absolute atomic E-state index is 13.1. The van der Waals surface area contributed by atoms with Gasteiger partial charge >= 0.3 is 6.18 Å². The first-order valence-electron chi connectivity index (χ1n) is 7.82. The Kier molecular flexibility index (Phi) is 3.59. The SMILES string of the molecule is CC1(c2nccn3cc(C(F)(F)F)nc23)CCc2nc(Cl)ccc2C1=O. The van der Waals surface area contributed by atoms with Gasteiger partial charge in [-0.1, -0.05) is 11.6 Å². The lowest BCUT2D eigenvalue weighted by molar-refractivity contribution is -0.140. The van der Waals surface area contributed by atoms with Gasteiger partial charge in [-0.2, -0.15) is 13.2 Å². The zero-order valence-corrected chi connectivity index (χ0v) is 14.3. The van der Waals surface area contributed by atoms with Crippen LogP contribution in [-0.2, 0) is 18.0 Å². The summed E-state index contributed by atoms with van der Waals surface area (Å²) in [5.74, 6) is -0.250. The predicted octanol–water partition coefficient (Wildman–Crippen LogP) is 3.88. The molecule has 0 aliphatic heterocycles. The van der Waals surface area contributed by atoms with Gasteiger partial charge in [-0.15, -0.1) is 0 Å². The molecular weight excluding hydrogens is 369 g/mol. The number of hydrogen-bond acceptors (Lipinski definition) is 4. The summed E-state index contributed by atoms with van der Waals surface area (Å²) in [6.07, 6.45) is -0.105. The molecule has 1 aliphatic rings. The number of aromatic nitrogens is 4. The van der Waals surface area contributed by atoms with E-state index in [4.69, 9.17) is 11.6 Å². The number of imidazole rings is 1. The first-order valence-corrected chi connectivity index (χ1v) is 8.19. The molecule has 0 fully saturated rings. The molecule has 4 rings (SSSR count). The van der Waals surface area contributed by atoms with E-state index in [0.717, 1.165) is 6.20 Å². The van der Waals surface area contributed by atoms with Crippen LogP contribution in [0.25, 0.3) is 5.65 Å². The summed E-state index contributed by atoms with van der Waals surface area (Å²) < 4.78 is 40.3. The van der Waals surface area contributed by atoms with E-state index >= 15 is 0 Å². The van der Waals surface area contributed by atoms with Gasteiger partial charge < -0.3 is 4.40 Å². The number of carbonyl (C=O) groups excluding carboxylic acids is 1. The Bertz CT molecular complexity index is 1050. The van der Waals surface area contributed by atoms with Crippen molar-refractivity contribution in [3.05, 3.63) is 58.5 Å². The van der Waals surface area contributed by atoms with Crippen molar-refractivity contribution in [2.75, 3.05) is 0 Å². The van der Waals surface area contributed by atoms with Crippen molar-refractivity contribution in [1.29, 1.82) is 0 Å². The number of ketones is 1. The number of pyridine rings is 1. The van der Waals surface area contributed by atoms with E-state index in [2.05, 4.69) is 15.0 Å². The molecule has 0 spiro atoms. The van der Waals surface area contributed by atoms with Crippen LogP contribution in [0.5, 0.6) is 0 Å². The van der Waals surface area contributed by atoms with Crippen molar-refractivity contribution in [2.24, 2.45) is 0 Å². The minimum absolute atomic E-state index is 0.0287. The molecule has 1 unspecified atom stereocenters. The molecule has 0 amide bonds. The Balaban J connectivity index is 1.88. The quantitative estimate of drug-likeness (QED) is 0.601. The van der Waals surface area contributed by atoms with Crippen molar-refractivity contribution in [1.82, 2.24) is 19.4 Å². The summed E-state index contributed by atoms with van der Waals surface area (Å²) in [6, 6.07) is 3.12. The largest absolute Gasteiger partial charge is 0.434 e. The number of halogens is 4. The minimum atomic E-state index is -4.58. The Hall–Kier alpha value is -2.48. The van der Waals surface area contributed by atoms with Gasteiger partial charge in [-0.05, 0) is 31.9 Å². The molecule has 0 aromatic carbocycles. The monoisotopic (exact) mass is 380 g/mol. The number of fused-ring (bicyclic) bond motifs is 2. The van der Waals surface area contributed by atoms with Gasteiger partial charge in [0.2, 0.25) is 0 Å². The van der Waals surface area contributed by atoms with E-state index in [1.807, 2.05) is 0 Å². The van der Waals surface area contributed by atoms with Crippen LogP contribution in [0.2, 0.25) is 5.15 Å². The van der Waals surface area contributed by atoms with E-state index in [0.29, 0.717) is 29.3 Å². The highest BCUT2D eigenvalue weighted by Crippen LogP contribution is 2.39. The van der Waals surface area contributed by atoms with Gasteiger partial charge in [0.15, 0.2) is 17.1 Å². The molecule has 1 atom stereocenters. The fourth-order valence-corrected chi connectivity index (χ4v) is 3.49. The molecule has 0 N–H and O–H groups in total. The number of nitrogens with zero attached hydrogens (tertiary/aromatic N) is 4. The highest BCUT2D eigenvalue weighted by atomic mass is 35.5. The first kappa shape index (κ1) is 17.0. The third kappa shape index (κ3) is 2.47. The van der Waals surface area contributed by atoms with Gasteiger partial charge in [-0.3, -0.25) is 9.78 Å². The summed E-state index contributed by atoms with van der Waals surface area (Å²) in [6.45, 7) is 1.68. The fourth-order valence-electron chi connectivity index (χ4n) is 3.32. The summed E-state index contributed by atoms with van der Waals surface area (Å²) >= 11 is 5.88. The second-order valence-electron chi connectivity index (χ2n) is 6.42. The van der Waals surface area contributed by atoms with Crippen LogP contribution in [-0.4, -0.2) is 25.1 Å². The van der Waals surface area contributed by atoms with Crippen molar-refractivity contribution in [3.63, 3.8) is 0 Å². The van der Waals surface area contributed by atoms with Crippen LogP contribution >= 0.6 is 11.6 Å². The normalized spacial score (nSPS) is 20.4. The van der Waals surface area contributed by atoms with Crippen LogP contribution in [0.4, 0.5) is 13.2 Å². The molecule has 0 radical (unpaired) electrons. The number of hydrogen-bond donors (Lipinski definition) is 0. The van der Waals surface area contributed by atoms with E-state index in [1.54, 1.807) is 13.0 Å².